The normalized spacial score (nSPS) is 15.8. The van der Waals surface area contributed by atoms with E-state index in [9.17, 15) is 4.79 Å². The molecular formula is C13H15N3OS. The van der Waals surface area contributed by atoms with E-state index in [0.29, 0.717) is 12.3 Å². The summed E-state index contributed by atoms with van der Waals surface area (Å²) >= 11 is 1.56. The van der Waals surface area contributed by atoms with Gasteiger partial charge in [-0.05, 0) is 31.7 Å². The molecule has 0 bridgehead atoms. The zero-order chi connectivity index (χ0) is 13.1. The van der Waals surface area contributed by atoms with Crippen LogP contribution in [0.1, 0.15) is 12.5 Å². The van der Waals surface area contributed by atoms with Crippen LogP contribution >= 0.6 is 11.8 Å². The molecule has 0 aliphatic carbocycles. The second kappa shape index (κ2) is 5.42. The van der Waals surface area contributed by atoms with Crippen LogP contribution in [0.2, 0.25) is 0 Å². The third-order valence-electron chi connectivity index (χ3n) is 2.96. The van der Waals surface area contributed by atoms with E-state index in [1.807, 2.05) is 37.1 Å². The quantitative estimate of drug-likeness (QED) is 0.905. The monoisotopic (exact) mass is 261 g/mol. The number of fused-ring (bicyclic) bond motifs is 1. The lowest BCUT2D eigenvalue weighted by Crippen LogP contribution is -2.27. The number of nitriles is 1. The number of benzene rings is 1. The molecule has 0 radical (unpaired) electrons. The lowest BCUT2D eigenvalue weighted by molar-refractivity contribution is -0.113. The van der Waals surface area contributed by atoms with Crippen molar-refractivity contribution in [3.63, 3.8) is 0 Å². The standard InChI is InChI=1S/C13H15N3OS/c1-9(6-14)16(2)7-10-3-4-12-11(5-10)15-13(17)8-18-12/h3-5,9H,7-8H2,1-2H3,(H,15,17). The zero-order valence-corrected chi connectivity index (χ0v) is 11.3. The van der Waals surface area contributed by atoms with E-state index in [1.54, 1.807) is 11.8 Å². The number of nitrogens with zero attached hydrogens (tertiary/aromatic N) is 2. The molecule has 0 fully saturated rings. The fraction of sp³-hybridized carbons (Fsp3) is 0.385. The van der Waals surface area contributed by atoms with E-state index in [0.717, 1.165) is 16.1 Å². The summed E-state index contributed by atoms with van der Waals surface area (Å²) in [5, 5.41) is 11.7. The van der Waals surface area contributed by atoms with Crippen LogP contribution in [0.25, 0.3) is 0 Å². The second-order valence-electron chi connectivity index (χ2n) is 4.39. The highest BCUT2D eigenvalue weighted by Crippen LogP contribution is 2.32. The minimum atomic E-state index is -0.120. The predicted molar refractivity (Wildman–Crippen MR) is 72.3 cm³/mol. The Bertz CT molecular complexity index is 509. The maximum Gasteiger partial charge on any atom is 0.234 e. The van der Waals surface area contributed by atoms with Crippen molar-refractivity contribution in [1.29, 1.82) is 5.26 Å². The number of rotatable bonds is 3. The molecule has 0 aromatic heterocycles. The average molecular weight is 261 g/mol. The Labute approximate surface area is 111 Å². The minimum absolute atomic E-state index is 0.0448. The Hall–Kier alpha value is -1.51. The number of carbonyl (C=O) groups excluding carboxylic acids is 1. The maximum atomic E-state index is 11.3. The van der Waals surface area contributed by atoms with Crippen LogP contribution in [0.3, 0.4) is 0 Å². The van der Waals surface area contributed by atoms with Gasteiger partial charge in [0, 0.05) is 11.4 Å². The van der Waals surface area contributed by atoms with Gasteiger partial charge < -0.3 is 5.32 Å². The number of hydrogen-bond acceptors (Lipinski definition) is 4. The summed E-state index contributed by atoms with van der Waals surface area (Å²) in [6, 6.07) is 8.15. The lowest BCUT2D eigenvalue weighted by Gasteiger charge is -2.21. The fourth-order valence-corrected chi connectivity index (χ4v) is 2.54. The molecule has 0 saturated heterocycles. The third kappa shape index (κ3) is 2.84. The van der Waals surface area contributed by atoms with Crippen molar-refractivity contribution in [2.45, 2.75) is 24.4 Å². The van der Waals surface area contributed by atoms with Gasteiger partial charge in [-0.1, -0.05) is 6.07 Å². The van der Waals surface area contributed by atoms with Crippen LogP contribution in [0.5, 0.6) is 0 Å². The van der Waals surface area contributed by atoms with Crippen molar-refractivity contribution < 1.29 is 4.79 Å². The lowest BCUT2D eigenvalue weighted by atomic mass is 10.1. The van der Waals surface area contributed by atoms with Crippen LogP contribution in [0, 0.1) is 11.3 Å². The molecule has 1 aromatic rings. The fourth-order valence-electron chi connectivity index (χ4n) is 1.75. The SMILES string of the molecule is CC(C#N)N(C)Cc1ccc2c(c1)NC(=O)CS2. The van der Waals surface area contributed by atoms with Gasteiger partial charge in [-0.3, -0.25) is 9.69 Å². The molecule has 1 atom stereocenters. The van der Waals surface area contributed by atoms with Gasteiger partial charge in [0.25, 0.3) is 0 Å². The van der Waals surface area contributed by atoms with Gasteiger partial charge in [0.1, 0.15) is 0 Å². The summed E-state index contributed by atoms with van der Waals surface area (Å²) in [7, 11) is 1.92. The highest BCUT2D eigenvalue weighted by molar-refractivity contribution is 8.00. The van der Waals surface area contributed by atoms with E-state index in [-0.39, 0.29) is 11.9 Å². The first kappa shape index (κ1) is 12.9. The van der Waals surface area contributed by atoms with Crippen LogP contribution in [-0.2, 0) is 11.3 Å². The minimum Gasteiger partial charge on any atom is -0.324 e. The number of amides is 1. The average Bonchev–Trinajstić information content (AvgIpc) is 2.37. The number of carbonyl (C=O) groups is 1. The Kier molecular flexibility index (Phi) is 3.90. The third-order valence-corrected chi connectivity index (χ3v) is 4.03. The molecule has 5 heteroatoms. The molecule has 1 heterocycles. The Morgan fingerprint density at radius 3 is 3.11 bits per heavy atom. The highest BCUT2D eigenvalue weighted by Gasteiger charge is 2.16. The van der Waals surface area contributed by atoms with Crippen LogP contribution in [0.4, 0.5) is 5.69 Å². The predicted octanol–water partition coefficient (Wildman–Crippen LogP) is 2.07. The molecule has 1 N–H and O–H groups in total. The highest BCUT2D eigenvalue weighted by atomic mass is 32.2. The van der Waals surface area contributed by atoms with Crippen molar-refractivity contribution in [3.8, 4) is 6.07 Å². The number of nitrogens with one attached hydrogen (secondary N) is 1. The summed E-state index contributed by atoms with van der Waals surface area (Å²) in [4.78, 5) is 14.4. The van der Waals surface area contributed by atoms with Crippen LogP contribution < -0.4 is 5.32 Å². The Morgan fingerprint density at radius 1 is 1.61 bits per heavy atom. The van der Waals surface area contributed by atoms with Crippen LogP contribution in [-0.4, -0.2) is 29.6 Å². The van der Waals surface area contributed by atoms with Gasteiger partial charge in [0.2, 0.25) is 5.91 Å². The van der Waals surface area contributed by atoms with E-state index in [2.05, 4.69) is 11.4 Å². The van der Waals surface area contributed by atoms with Crippen molar-refractivity contribution in [1.82, 2.24) is 4.90 Å². The first-order chi connectivity index (χ1) is 8.60. The summed E-state index contributed by atoms with van der Waals surface area (Å²) in [5.41, 5.74) is 1.98. The molecule has 4 nitrogen and oxygen atoms in total. The Balaban J connectivity index is 2.14. The van der Waals surface area contributed by atoms with Gasteiger partial charge in [0.05, 0.1) is 23.6 Å². The number of thioether (sulfide) groups is 1. The van der Waals surface area contributed by atoms with Gasteiger partial charge in [-0.2, -0.15) is 5.26 Å². The van der Waals surface area contributed by atoms with Crippen molar-refractivity contribution in [3.05, 3.63) is 23.8 Å². The summed E-state index contributed by atoms with van der Waals surface area (Å²) < 4.78 is 0. The molecule has 1 aromatic carbocycles. The molecule has 18 heavy (non-hydrogen) atoms. The molecular weight excluding hydrogens is 246 g/mol. The van der Waals surface area contributed by atoms with Crippen molar-refractivity contribution in [2.24, 2.45) is 0 Å². The van der Waals surface area contributed by atoms with E-state index >= 15 is 0 Å². The van der Waals surface area contributed by atoms with Crippen molar-refractivity contribution in [2.75, 3.05) is 18.1 Å². The first-order valence-corrected chi connectivity index (χ1v) is 6.74. The second-order valence-corrected chi connectivity index (χ2v) is 5.40. The summed E-state index contributed by atoms with van der Waals surface area (Å²) in [6.45, 7) is 2.57. The van der Waals surface area contributed by atoms with Crippen molar-refractivity contribution >= 4 is 23.4 Å². The maximum absolute atomic E-state index is 11.3. The van der Waals surface area contributed by atoms with E-state index in [1.165, 1.54) is 0 Å². The molecule has 1 unspecified atom stereocenters. The van der Waals surface area contributed by atoms with Crippen LogP contribution in [0.15, 0.2) is 23.1 Å². The number of hydrogen-bond donors (Lipinski definition) is 1. The molecule has 1 aliphatic heterocycles. The largest absolute Gasteiger partial charge is 0.324 e. The van der Waals surface area contributed by atoms with Gasteiger partial charge in [-0.25, -0.2) is 0 Å². The van der Waals surface area contributed by atoms with E-state index in [4.69, 9.17) is 5.26 Å². The zero-order valence-electron chi connectivity index (χ0n) is 10.4. The van der Waals surface area contributed by atoms with Gasteiger partial charge >= 0.3 is 0 Å². The first-order valence-electron chi connectivity index (χ1n) is 5.75. The van der Waals surface area contributed by atoms with Gasteiger partial charge in [0.15, 0.2) is 0 Å². The molecule has 0 spiro atoms. The molecule has 1 amide bonds. The molecule has 2 rings (SSSR count). The topological polar surface area (TPSA) is 56.1 Å². The smallest absolute Gasteiger partial charge is 0.234 e. The van der Waals surface area contributed by atoms with Gasteiger partial charge in [-0.15, -0.1) is 11.8 Å². The number of anilines is 1. The molecule has 94 valence electrons. The molecule has 0 saturated carbocycles. The molecule has 1 aliphatic rings. The summed E-state index contributed by atoms with van der Waals surface area (Å²) in [6.07, 6.45) is 0. The Morgan fingerprint density at radius 2 is 2.39 bits per heavy atom. The summed E-state index contributed by atoms with van der Waals surface area (Å²) in [5.74, 6) is 0.529. The van der Waals surface area contributed by atoms with E-state index < -0.39 is 0 Å².